The first-order valence-electron chi connectivity index (χ1n) is 12.7. The van der Waals surface area contributed by atoms with E-state index in [4.69, 9.17) is 4.98 Å². The number of benzene rings is 5. The van der Waals surface area contributed by atoms with Crippen LogP contribution in [0.2, 0.25) is 0 Å². The summed E-state index contributed by atoms with van der Waals surface area (Å²) in [7, 11) is 0. The molecule has 0 N–H and O–H groups in total. The zero-order valence-corrected chi connectivity index (χ0v) is 21.5. The maximum atomic E-state index is 5.12. The van der Waals surface area contributed by atoms with Crippen LogP contribution in [0.4, 0.5) is 0 Å². The van der Waals surface area contributed by atoms with Gasteiger partial charge in [-0.05, 0) is 76.7 Å². The molecule has 37 heavy (non-hydrogen) atoms. The molecule has 0 aliphatic carbocycles. The minimum atomic E-state index is 0.991. The minimum Gasteiger partial charge on any atom is -0.247 e. The van der Waals surface area contributed by atoms with Crippen molar-refractivity contribution in [1.82, 2.24) is 4.98 Å². The SMILES string of the molecule is C=c1/c(=C\C=C(/C)c2cccc(-c3ccc4ccc5ccc(C)cc5c4n3)c2)ccc2ccc(C)cc12. The van der Waals surface area contributed by atoms with Gasteiger partial charge in [0.05, 0.1) is 11.2 Å². The van der Waals surface area contributed by atoms with Crippen molar-refractivity contribution in [2.75, 3.05) is 0 Å². The summed E-state index contributed by atoms with van der Waals surface area (Å²) < 4.78 is 0. The molecule has 5 aromatic carbocycles. The maximum absolute atomic E-state index is 5.12. The Hall–Kier alpha value is -4.49. The second-order valence-electron chi connectivity index (χ2n) is 10.0. The number of hydrogen-bond donors (Lipinski definition) is 0. The fraction of sp³-hybridized carbons (Fsp3) is 0.0833. The van der Waals surface area contributed by atoms with Gasteiger partial charge < -0.3 is 0 Å². The molecule has 0 spiro atoms. The zero-order valence-electron chi connectivity index (χ0n) is 21.5. The molecule has 0 aliphatic rings. The van der Waals surface area contributed by atoms with Gasteiger partial charge in [-0.15, -0.1) is 0 Å². The third-order valence-electron chi connectivity index (χ3n) is 7.28. The molecule has 1 aromatic heterocycles. The summed E-state index contributed by atoms with van der Waals surface area (Å²) in [6.45, 7) is 10.8. The number of aryl methyl sites for hydroxylation is 2. The summed E-state index contributed by atoms with van der Waals surface area (Å²) >= 11 is 0. The van der Waals surface area contributed by atoms with Crippen LogP contribution in [0.15, 0.2) is 103 Å². The van der Waals surface area contributed by atoms with Gasteiger partial charge in [-0.1, -0.05) is 109 Å². The number of fused-ring (bicyclic) bond motifs is 4. The molecule has 6 rings (SSSR count). The lowest BCUT2D eigenvalue weighted by Crippen LogP contribution is -2.23. The van der Waals surface area contributed by atoms with E-state index in [1.807, 2.05) is 0 Å². The van der Waals surface area contributed by atoms with Crippen LogP contribution >= 0.6 is 0 Å². The second kappa shape index (κ2) is 9.19. The lowest BCUT2D eigenvalue weighted by Gasteiger charge is -2.09. The highest BCUT2D eigenvalue weighted by Crippen LogP contribution is 2.29. The van der Waals surface area contributed by atoms with Crippen LogP contribution in [0.25, 0.3) is 61.9 Å². The molecule has 0 saturated carbocycles. The monoisotopic (exact) mass is 475 g/mol. The molecule has 0 radical (unpaired) electrons. The van der Waals surface area contributed by atoms with Gasteiger partial charge >= 0.3 is 0 Å². The molecule has 0 fully saturated rings. The van der Waals surface area contributed by atoms with Crippen LogP contribution in [0, 0.1) is 13.8 Å². The van der Waals surface area contributed by atoms with Crippen molar-refractivity contribution in [3.8, 4) is 11.3 Å². The Morgan fingerprint density at radius 2 is 1.35 bits per heavy atom. The van der Waals surface area contributed by atoms with E-state index >= 15 is 0 Å². The van der Waals surface area contributed by atoms with E-state index in [9.17, 15) is 0 Å². The molecule has 178 valence electrons. The number of allylic oxidation sites excluding steroid dienone is 2. The first-order valence-corrected chi connectivity index (χ1v) is 12.7. The molecular weight excluding hydrogens is 446 g/mol. The third-order valence-corrected chi connectivity index (χ3v) is 7.28. The van der Waals surface area contributed by atoms with E-state index in [-0.39, 0.29) is 0 Å². The smallest absolute Gasteiger partial charge is 0.0787 e. The Bertz CT molecular complexity index is 1980. The highest BCUT2D eigenvalue weighted by atomic mass is 14.7. The molecular formula is C36H29N. The predicted molar refractivity (Wildman–Crippen MR) is 161 cm³/mol. The van der Waals surface area contributed by atoms with Crippen molar-refractivity contribution in [2.45, 2.75) is 20.8 Å². The summed E-state index contributed by atoms with van der Waals surface area (Å²) in [6.07, 6.45) is 4.36. The third kappa shape index (κ3) is 4.34. The zero-order chi connectivity index (χ0) is 25.5. The van der Waals surface area contributed by atoms with Crippen LogP contribution in [-0.4, -0.2) is 4.98 Å². The standard InChI is InChI=1S/C36H29N/c1-23-8-11-28-15-14-27(26(4)33(28)20-23)13-10-25(3)31-6-5-7-32(22-31)35-19-18-30-17-16-29-12-9-24(2)21-34(29)36(30)37-35/h5-22H,4H2,1-3H3/b25-10+,27-13-. The molecule has 0 aliphatic heterocycles. The van der Waals surface area contributed by atoms with E-state index < -0.39 is 0 Å². The number of nitrogens with zero attached hydrogens (tertiary/aromatic N) is 1. The molecule has 0 saturated heterocycles. The van der Waals surface area contributed by atoms with E-state index in [1.54, 1.807) is 0 Å². The molecule has 1 nitrogen and oxygen atoms in total. The van der Waals surface area contributed by atoms with Crippen molar-refractivity contribution >= 4 is 50.7 Å². The topological polar surface area (TPSA) is 12.9 Å². The number of pyridine rings is 1. The van der Waals surface area contributed by atoms with Gasteiger partial charge in [0.1, 0.15) is 0 Å². The first kappa shape index (κ1) is 22.9. The summed E-state index contributed by atoms with van der Waals surface area (Å²) in [6, 6.07) is 34.7. The van der Waals surface area contributed by atoms with E-state index in [0.717, 1.165) is 27.2 Å². The van der Waals surface area contributed by atoms with Crippen LogP contribution in [0.1, 0.15) is 23.6 Å². The van der Waals surface area contributed by atoms with Gasteiger partial charge in [0.15, 0.2) is 0 Å². The minimum absolute atomic E-state index is 0.991. The largest absolute Gasteiger partial charge is 0.247 e. The summed E-state index contributed by atoms with van der Waals surface area (Å²) in [5.74, 6) is 0. The summed E-state index contributed by atoms with van der Waals surface area (Å²) in [4.78, 5) is 5.12. The normalized spacial score (nSPS) is 12.6. The molecule has 0 atom stereocenters. The Kier molecular flexibility index (Phi) is 5.70. The average Bonchev–Trinajstić information content (AvgIpc) is 2.92. The number of rotatable bonds is 3. The lowest BCUT2D eigenvalue weighted by atomic mass is 10.00. The molecule has 0 amide bonds. The van der Waals surface area contributed by atoms with Crippen LogP contribution in [-0.2, 0) is 0 Å². The highest BCUT2D eigenvalue weighted by molar-refractivity contribution is 6.06. The maximum Gasteiger partial charge on any atom is 0.0787 e. The van der Waals surface area contributed by atoms with Gasteiger partial charge in [-0.2, -0.15) is 0 Å². The number of hydrogen-bond acceptors (Lipinski definition) is 1. The van der Waals surface area contributed by atoms with Gasteiger partial charge in [0.25, 0.3) is 0 Å². The fourth-order valence-corrected chi connectivity index (χ4v) is 5.08. The Morgan fingerprint density at radius 3 is 2.16 bits per heavy atom. The summed E-state index contributed by atoms with van der Waals surface area (Å²) in [5.41, 5.74) is 8.06. The van der Waals surface area contributed by atoms with Gasteiger partial charge in [0.2, 0.25) is 0 Å². The number of aromatic nitrogens is 1. The van der Waals surface area contributed by atoms with Crippen LogP contribution in [0.5, 0.6) is 0 Å². The van der Waals surface area contributed by atoms with Crippen molar-refractivity contribution in [1.29, 1.82) is 0 Å². The molecule has 1 heterocycles. The second-order valence-corrected chi connectivity index (χ2v) is 10.0. The fourth-order valence-electron chi connectivity index (χ4n) is 5.08. The van der Waals surface area contributed by atoms with E-state index in [0.29, 0.717) is 0 Å². The summed E-state index contributed by atoms with van der Waals surface area (Å²) in [5, 5.41) is 8.25. The van der Waals surface area contributed by atoms with Crippen molar-refractivity contribution in [2.24, 2.45) is 0 Å². The molecule has 0 unspecified atom stereocenters. The lowest BCUT2D eigenvalue weighted by molar-refractivity contribution is 1.40. The Morgan fingerprint density at radius 1 is 0.703 bits per heavy atom. The average molecular weight is 476 g/mol. The quantitative estimate of drug-likeness (QED) is 0.236. The first-order chi connectivity index (χ1) is 18.0. The molecule has 6 aromatic rings. The Balaban J connectivity index is 1.40. The highest BCUT2D eigenvalue weighted by Gasteiger charge is 2.07. The van der Waals surface area contributed by atoms with E-state index in [1.165, 1.54) is 49.2 Å². The van der Waals surface area contributed by atoms with Crippen molar-refractivity contribution in [3.63, 3.8) is 0 Å². The molecule has 0 bridgehead atoms. The van der Waals surface area contributed by atoms with E-state index in [2.05, 4.69) is 137 Å². The van der Waals surface area contributed by atoms with Crippen LogP contribution < -0.4 is 10.4 Å². The van der Waals surface area contributed by atoms with Gasteiger partial charge in [0, 0.05) is 16.3 Å². The Labute approximate surface area is 217 Å². The van der Waals surface area contributed by atoms with Gasteiger partial charge in [-0.3, -0.25) is 0 Å². The van der Waals surface area contributed by atoms with Crippen molar-refractivity contribution in [3.05, 3.63) is 130 Å². The molecule has 1 heteroatoms. The van der Waals surface area contributed by atoms with Crippen LogP contribution in [0.3, 0.4) is 0 Å². The van der Waals surface area contributed by atoms with Gasteiger partial charge in [-0.25, -0.2) is 4.98 Å². The predicted octanol–water partition coefficient (Wildman–Crippen LogP) is 8.12. The van der Waals surface area contributed by atoms with Crippen molar-refractivity contribution < 1.29 is 0 Å².